The van der Waals surface area contributed by atoms with E-state index in [4.69, 9.17) is 4.74 Å². The number of methoxy groups -OCH3 is 1. The summed E-state index contributed by atoms with van der Waals surface area (Å²) in [6.07, 6.45) is 0. The second kappa shape index (κ2) is 9.98. The molecule has 0 saturated carbocycles. The maximum Gasteiger partial charge on any atom is 0.242 e. The third kappa shape index (κ3) is 5.86. The summed E-state index contributed by atoms with van der Waals surface area (Å²) in [5.74, 6) is 0.634. The molecule has 0 bridgehead atoms. The lowest BCUT2D eigenvalue weighted by Crippen LogP contribution is -2.34. The van der Waals surface area contributed by atoms with Crippen LogP contribution in [0.2, 0.25) is 0 Å². The Morgan fingerprint density at radius 2 is 1.72 bits per heavy atom. The van der Waals surface area contributed by atoms with Gasteiger partial charge in [0.1, 0.15) is 5.75 Å². The number of nitrogens with zero attached hydrogens (tertiary/aromatic N) is 2. The van der Waals surface area contributed by atoms with E-state index in [9.17, 15) is 13.2 Å². The molecule has 0 fully saturated rings. The first-order valence-electron chi connectivity index (χ1n) is 9.23. The largest absolute Gasteiger partial charge is 0.497 e. The molecular weight excluding hydrogens is 390 g/mol. The highest BCUT2D eigenvalue weighted by Crippen LogP contribution is 2.21. The molecular formula is C21H29N3O4S. The van der Waals surface area contributed by atoms with Gasteiger partial charge in [-0.3, -0.25) is 4.79 Å². The van der Waals surface area contributed by atoms with Crippen molar-refractivity contribution in [1.82, 2.24) is 14.5 Å². The first-order chi connectivity index (χ1) is 13.7. The maximum absolute atomic E-state index is 12.6. The Labute approximate surface area is 173 Å². The summed E-state index contributed by atoms with van der Waals surface area (Å²) in [6.45, 7) is 0.687. The Balaban J connectivity index is 2.04. The van der Waals surface area contributed by atoms with Crippen LogP contribution in [0.15, 0.2) is 53.4 Å². The lowest BCUT2D eigenvalue weighted by Gasteiger charge is -2.25. The molecule has 0 spiro atoms. The minimum atomic E-state index is -3.58. The predicted octanol–water partition coefficient (Wildman–Crippen LogP) is 2.02. The number of ether oxygens (including phenoxy) is 1. The van der Waals surface area contributed by atoms with E-state index in [1.165, 1.54) is 26.2 Å². The molecule has 0 aliphatic rings. The number of Topliss-reactive ketones (excluding diaryl/α,β-unsaturated/α-hetero) is 1. The first-order valence-corrected chi connectivity index (χ1v) is 10.7. The number of nitrogens with one attached hydrogen (secondary N) is 1. The second-order valence-electron chi connectivity index (χ2n) is 7.12. The van der Waals surface area contributed by atoms with Gasteiger partial charge >= 0.3 is 0 Å². The predicted molar refractivity (Wildman–Crippen MR) is 114 cm³/mol. The molecule has 2 aromatic rings. The lowest BCUT2D eigenvalue weighted by atomic mass is 10.1. The highest BCUT2D eigenvalue weighted by Gasteiger charge is 2.19. The van der Waals surface area contributed by atoms with Crippen molar-refractivity contribution in [3.05, 3.63) is 59.7 Å². The summed E-state index contributed by atoms with van der Waals surface area (Å²) in [5, 5.41) is 3.19. The molecule has 1 N–H and O–H groups in total. The molecule has 8 heteroatoms. The fraction of sp³-hybridized carbons (Fsp3) is 0.381. The molecule has 2 aromatic carbocycles. The molecule has 1 unspecified atom stereocenters. The number of sulfonamides is 1. The molecule has 2 rings (SSSR count). The van der Waals surface area contributed by atoms with E-state index in [1.54, 1.807) is 19.2 Å². The molecule has 0 amide bonds. The van der Waals surface area contributed by atoms with E-state index < -0.39 is 10.0 Å². The van der Waals surface area contributed by atoms with E-state index in [-0.39, 0.29) is 23.3 Å². The maximum atomic E-state index is 12.6. The molecule has 158 valence electrons. The molecule has 7 nitrogen and oxygen atoms in total. The van der Waals surface area contributed by atoms with E-state index in [1.807, 2.05) is 38.4 Å². The van der Waals surface area contributed by atoms with Crippen LogP contribution in [0.25, 0.3) is 0 Å². The Hall–Kier alpha value is -2.26. The Kier molecular flexibility index (Phi) is 7.92. The van der Waals surface area contributed by atoms with Crippen LogP contribution in [-0.2, 0) is 10.0 Å². The number of rotatable bonds is 10. The summed E-state index contributed by atoms with van der Waals surface area (Å²) >= 11 is 0. The van der Waals surface area contributed by atoms with Gasteiger partial charge in [-0.1, -0.05) is 24.3 Å². The molecule has 0 radical (unpaired) electrons. The van der Waals surface area contributed by atoms with Gasteiger partial charge in [0, 0.05) is 32.2 Å². The van der Waals surface area contributed by atoms with Crippen molar-refractivity contribution in [3.8, 4) is 5.75 Å². The van der Waals surface area contributed by atoms with Gasteiger partial charge in [-0.2, -0.15) is 0 Å². The third-order valence-electron chi connectivity index (χ3n) is 4.68. The van der Waals surface area contributed by atoms with Crippen molar-refractivity contribution in [2.75, 3.05) is 48.4 Å². The Bertz CT molecular complexity index is 925. The van der Waals surface area contributed by atoms with Crippen LogP contribution in [0, 0.1) is 0 Å². The zero-order valence-electron chi connectivity index (χ0n) is 17.5. The number of carbonyl (C=O) groups excluding carboxylic acids is 1. The van der Waals surface area contributed by atoms with Gasteiger partial charge in [0.25, 0.3) is 0 Å². The van der Waals surface area contributed by atoms with Crippen LogP contribution >= 0.6 is 0 Å². The summed E-state index contributed by atoms with van der Waals surface area (Å²) in [6, 6.07) is 14.0. The molecule has 0 saturated heterocycles. The third-order valence-corrected chi connectivity index (χ3v) is 6.49. The van der Waals surface area contributed by atoms with Crippen molar-refractivity contribution in [3.63, 3.8) is 0 Å². The molecule has 0 heterocycles. The van der Waals surface area contributed by atoms with Crippen LogP contribution in [0.4, 0.5) is 0 Å². The number of carbonyl (C=O) groups is 1. The summed E-state index contributed by atoms with van der Waals surface area (Å²) < 4.78 is 30.9. The summed E-state index contributed by atoms with van der Waals surface area (Å²) in [4.78, 5) is 14.7. The number of ketones is 1. The number of hydrogen-bond acceptors (Lipinski definition) is 6. The fourth-order valence-corrected chi connectivity index (χ4v) is 3.84. The fourth-order valence-electron chi connectivity index (χ4n) is 2.89. The van der Waals surface area contributed by atoms with Crippen LogP contribution < -0.4 is 10.1 Å². The van der Waals surface area contributed by atoms with Crippen LogP contribution in [-0.4, -0.2) is 71.8 Å². The van der Waals surface area contributed by atoms with Gasteiger partial charge < -0.3 is 15.0 Å². The van der Waals surface area contributed by atoms with E-state index in [0.717, 1.165) is 15.6 Å². The topological polar surface area (TPSA) is 78.9 Å². The highest BCUT2D eigenvalue weighted by atomic mass is 32.2. The lowest BCUT2D eigenvalue weighted by molar-refractivity contribution is 0.0988. The van der Waals surface area contributed by atoms with Crippen LogP contribution in [0.5, 0.6) is 5.75 Å². The van der Waals surface area contributed by atoms with Gasteiger partial charge in [0.05, 0.1) is 18.6 Å². The molecule has 0 aliphatic carbocycles. The average Bonchev–Trinajstić information content (AvgIpc) is 2.71. The van der Waals surface area contributed by atoms with E-state index >= 15 is 0 Å². The zero-order chi connectivity index (χ0) is 21.6. The van der Waals surface area contributed by atoms with Gasteiger partial charge in [-0.15, -0.1) is 0 Å². The van der Waals surface area contributed by atoms with Crippen molar-refractivity contribution in [2.45, 2.75) is 10.9 Å². The Morgan fingerprint density at radius 3 is 2.28 bits per heavy atom. The van der Waals surface area contributed by atoms with Crippen molar-refractivity contribution >= 4 is 15.8 Å². The van der Waals surface area contributed by atoms with Crippen molar-refractivity contribution < 1.29 is 17.9 Å². The van der Waals surface area contributed by atoms with Crippen molar-refractivity contribution in [1.29, 1.82) is 0 Å². The number of benzene rings is 2. The van der Waals surface area contributed by atoms with Gasteiger partial charge in [0.15, 0.2) is 5.78 Å². The Morgan fingerprint density at radius 1 is 1.07 bits per heavy atom. The monoisotopic (exact) mass is 419 g/mol. The average molecular weight is 420 g/mol. The molecule has 0 aromatic heterocycles. The summed E-state index contributed by atoms with van der Waals surface area (Å²) in [5.41, 5.74) is 1.47. The van der Waals surface area contributed by atoms with Gasteiger partial charge in [-0.05, 0) is 43.9 Å². The standard InChI is InChI=1S/C21H29N3O4S/c1-23(2)20(16-9-11-18(28-5)12-10-16)14-22-15-21(25)17-7-6-8-19(13-17)29(26,27)24(3)4/h6-13,20,22H,14-15H2,1-5H3. The SMILES string of the molecule is COc1ccc(C(CNCC(=O)c2cccc(S(=O)(=O)N(C)C)c2)N(C)C)cc1. The highest BCUT2D eigenvalue weighted by molar-refractivity contribution is 7.89. The zero-order valence-corrected chi connectivity index (χ0v) is 18.4. The minimum absolute atomic E-state index is 0.0779. The van der Waals surface area contributed by atoms with Gasteiger partial charge in [-0.25, -0.2) is 12.7 Å². The molecule has 29 heavy (non-hydrogen) atoms. The van der Waals surface area contributed by atoms with Crippen LogP contribution in [0.3, 0.4) is 0 Å². The van der Waals surface area contributed by atoms with Crippen LogP contribution in [0.1, 0.15) is 22.0 Å². The smallest absolute Gasteiger partial charge is 0.242 e. The first kappa shape index (κ1) is 23.0. The molecule has 1 atom stereocenters. The summed E-state index contributed by atoms with van der Waals surface area (Å²) in [7, 11) is 4.94. The van der Waals surface area contributed by atoms with E-state index in [0.29, 0.717) is 12.1 Å². The number of likely N-dealkylation sites (N-methyl/N-ethyl adjacent to an activating group) is 1. The number of hydrogen-bond donors (Lipinski definition) is 1. The van der Waals surface area contributed by atoms with Crippen molar-refractivity contribution in [2.24, 2.45) is 0 Å². The minimum Gasteiger partial charge on any atom is -0.497 e. The van der Waals surface area contributed by atoms with Gasteiger partial charge in [0.2, 0.25) is 10.0 Å². The molecule has 0 aliphatic heterocycles. The normalized spacial score (nSPS) is 12.9. The second-order valence-corrected chi connectivity index (χ2v) is 9.27. The quantitative estimate of drug-likeness (QED) is 0.594. The van der Waals surface area contributed by atoms with E-state index in [2.05, 4.69) is 10.2 Å².